The highest BCUT2D eigenvalue weighted by molar-refractivity contribution is 6.01. The Morgan fingerprint density at radius 2 is 1.76 bits per heavy atom. The number of benzene rings is 2. The van der Waals surface area contributed by atoms with Crippen LogP contribution in [0.5, 0.6) is 11.6 Å². The Bertz CT molecular complexity index is 1330. The van der Waals surface area contributed by atoms with Crippen molar-refractivity contribution in [1.82, 2.24) is 19.9 Å². The number of carbonyl (C=O) groups is 1. The number of rotatable bonds is 4. The maximum atomic E-state index is 13.9. The van der Waals surface area contributed by atoms with Gasteiger partial charge in [-0.2, -0.15) is 0 Å². The molecule has 174 valence electrons. The van der Waals surface area contributed by atoms with Crippen molar-refractivity contribution in [2.45, 2.75) is 6.92 Å². The Morgan fingerprint density at radius 3 is 2.50 bits per heavy atom. The molecule has 3 heterocycles. The molecule has 2 aromatic carbocycles. The van der Waals surface area contributed by atoms with Gasteiger partial charge in [-0.3, -0.25) is 4.98 Å². The van der Waals surface area contributed by atoms with Crippen LogP contribution in [0.25, 0.3) is 10.9 Å². The molecule has 0 atom stereocenters. The van der Waals surface area contributed by atoms with E-state index < -0.39 is 11.6 Å². The SMILES string of the molecule is Cc1nccnc1Oc1ccc(N2CCN(C(=O)Nc3c[nH]c4c(F)c(F)ccc34)CC2)cc1. The van der Waals surface area contributed by atoms with Crippen molar-refractivity contribution < 1.29 is 18.3 Å². The minimum absolute atomic E-state index is 0.0296. The lowest BCUT2D eigenvalue weighted by Gasteiger charge is -2.36. The molecule has 0 aliphatic carbocycles. The summed E-state index contributed by atoms with van der Waals surface area (Å²) in [6.45, 7) is 4.20. The molecule has 0 radical (unpaired) electrons. The number of aromatic nitrogens is 3. The van der Waals surface area contributed by atoms with Crippen molar-refractivity contribution in [3.05, 3.63) is 72.3 Å². The number of fused-ring (bicyclic) bond motifs is 1. The Hall–Kier alpha value is -4.21. The van der Waals surface area contributed by atoms with E-state index in [1.807, 2.05) is 31.2 Å². The van der Waals surface area contributed by atoms with Crippen LogP contribution in [-0.4, -0.2) is 52.1 Å². The van der Waals surface area contributed by atoms with Gasteiger partial charge in [-0.1, -0.05) is 0 Å². The molecule has 34 heavy (non-hydrogen) atoms. The fourth-order valence-corrected chi connectivity index (χ4v) is 3.94. The van der Waals surface area contributed by atoms with Crippen LogP contribution in [0.2, 0.25) is 0 Å². The van der Waals surface area contributed by atoms with Crippen LogP contribution in [0.4, 0.5) is 25.0 Å². The average Bonchev–Trinajstić information content (AvgIpc) is 3.26. The molecule has 0 saturated carbocycles. The van der Waals surface area contributed by atoms with Gasteiger partial charge in [0, 0.05) is 55.8 Å². The molecule has 0 spiro atoms. The average molecular weight is 464 g/mol. The molecule has 1 saturated heterocycles. The molecule has 1 aliphatic heterocycles. The molecule has 1 aliphatic rings. The zero-order valence-corrected chi connectivity index (χ0v) is 18.4. The van der Waals surface area contributed by atoms with E-state index in [1.54, 1.807) is 17.3 Å². The highest BCUT2D eigenvalue weighted by Crippen LogP contribution is 2.28. The minimum Gasteiger partial charge on any atom is -0.437 e. The van der Waals surface area contributed by atoms with Crippen molar-refractivity contribution >= 4 is 28.3 Å². The smallest absolute Gasteiger partial charge is 0.322 e. The van der Waals surface area contributed by atoms with Gasteiger partial charge in [-0.15, -0.1) is 0 Å². The lowest BCUT2D eigenvalue weighted by Crippen LogP contribution is -2.50. The van der Waals surface area contributed by atoms with Gasteiger partial charge in [0.2, 0.25) is 5.88 Å². The highest BCUT2D eigenvalue weighted by Gasteiger charge is 2.23. The first-order chi connectivity index (χ1) is 16.5. The van der Waals surface area contributed by atoms with Gasteiger partial charge in [0.15, 0.2) is 11.6 Å². The van der Waals surface area contributed by atoms with Gasteiger partial charge < -0.3 is 24.8 Å². The molecule has 10 heteroatoms. The monoisotopic (exact) mass is 464 g/mol. The summed E-state index contributed by atoms with van der Waals surface area (Å²) in [5, 5.41) is 3.21. The van der Waals surface area contributed by atoms with E-state index in [-0.39, 0.29) is 11.5 Å². The third-order valence-electron chi connectivity index (χ3n) is 5.81. The lowest BCUT2D eigenvalue weighted by atomic mass is 10.2. The second kappa shape index (κ2) is 8.97. The van der Waals surface area contributed by atoms with Gasteiger partial charge in [-0.05, 0) is 43.3 Å². The number of nitrogens with one attached hydrogen (secondary N) is 2. The predicted molar refractivity (Wildman–Crippen MR) is 124 cm³/mol. The normalized spacial score (nSPS) is 13.9. The Balaban J connectivity index is 1.18. The Morgan fingerprint density at radius 1 is 1.03 bits per heavy atom. The van der Waals surface area contributed by atoms with Crippen molar-refractivity contribution in [1.29, 1.82) is 0 Å². The zero-order valence-electron chi connectivity index (χ0n) is 18.4. The van der Waals surface area contributed by atoms with Gasteiger partial charge in [0.25, 0.3) is 0 Å². The fraction of sp³-hybridized carbons (Fsp3) is 0.208. The number of aryl methyl sites for hydroxylation is 1. The molecule has 0 bridgehead atoms. The number of nitrogens with zero attached hydrogens (tertiary/aromatic N) is 4. The third kappa shape index (κ3) is 4.21. The first-order valence-electron chi connectivity index (χ1n) is 10.8. The van der Waals surface area contributed by atoms with Crippen molar-refractivity contribution in [3.8, 4) is 11.6 Å². The number of ether oxygens (including phenoxy) is 1. The number of carbonyl (C=O) groups excluding carboxylic acids is 1. The van der Waals surface area contributed by atoms with Crippen LogP contribution in [0.1, 0.15) is 5.69 Å². The molecular weight excluding hydrogens is 442 g/mol. The van der Waals surface area contributed by atoms with E-state index in [1.165, 1.54) is 12.3 Å². The molecule has 4 aromatic rings. The van der Waals surface area contributed by atoms with Crippen molar-refractivity contribution in [3.63, 3.8) is 0 Å². The zero-order chi connectivity index (χ0) is 23.7. The van der Waals surface area contributed by atoms with Crippen LogP contribution < -0.4 is 15.0 Å². The van der Waals surface area contributed by atoms with E-state index in [9.17, 15) is 13.6 Å². The number of halogens is 2. The first kappa shape index (κ1) is 21.6. The Kier molecular flexibility index (Phi) is 5.70. The number of aromatic amines is 1. The summed E-state index contributed by atoms with van der Waals surface area (Å²) in [7, 11) is 0. The number of H-pyrrole nitrogens is 1. The summed E-state index contributed by atoms with van der Waals surface area (Å²) < 4.78 is 33.1. The first-order valence-corrected chi connectivity index (χ1v) is 10.8. The quantitative estimate of drug-likeness (QED) is 0.458. The molecule has 2 amide bonds. The number of piperazine rings is 1. The van der Waals surface area contributed by atoms with Gasteiger partial charge in [-0.25, -0.2) is 18.6 Å². The van der Waals surface area contributed by atoms with Gasteiger partial charge >= 0.3 is 6.03 Å². The standard InChI is InChI=1S/C24H22F2N6O2/c1-15-23(28-9-8-27-15)34-17-4-2-16(3-5-17)31-10-12-32(13-11-31)24(33)30-20-14-29-22-18(20)6-7-19(25)21(22)26/h2-9,14,29H,10-13H2,1H3,(H,30,33). The molecule has 5 rings (SSSR count). The molecule has 2 N–H and O–H groups in total. The molecule has 8 nitrogen and oxygen atoms in total. The molecule has 2 aromatic heterocycles. The predicted octanol–water partition coefficient (Wildman–Crippen LogP) is 4.69. The molecular formula is C24H22F2N6O2. The van der Waals surface area contributed by atoms with E-state index in [0.717, 1.165) is 11.8 Å². The number of anilines is 2. The highest BCUT2D eigenvalue weighted by atomic mass is 19.2. The second-order valence-corrected chi connectivity index (χ2v) is 7.93. The van der Waals surface area contributed by atoms with E-state index in [4.69, 9.17) is 4.74 Å². The molecule has 0 unspecified atom stereocenters. The van der Waals surface area contributed by atoms with Gasteiger partial charge in [0.05, 0.1) is 16.9 Å². The number of amides is 2. The third-order valence-corrected chi connectivity index (χ3v) is 5.81. The lowest BCUT2D eigenvalue weighted by molar-refractivity contribution is 0.208. The van der Waals surface area contributed by atoms with Crippen LogP contribution in [-0.2, 0) is 0 Å². The number of urea groups is 1. The Labute approximate surface area is 194 Å². The van der Waals surface area contributed by atoms with E-state index in [2.05, 4.69) is 25.2 Å². The van der Waals surface area contributed by atoms with E-state index >= 15 is 0 Å². The van der Waals surface area contributed by atoms with Crippen LogP contribution in [0.3, 0.4) is 0 Å². The summed E-state index contributed by atoms with van der Waals surface area (Å²) in [5.41, 5.74) is 2.18. The van der Waals surface area contributed by atoms with Crippen molar-refractivity contribution in [2.24, 2.45) is 0 Å². The topological polar surface area (TPSA) is 86.4 Å². The number of hydrogen-bond donors (Lipinski definition) is 2. The van der Waals surface area contributed by atoms with Crippen LogP contribution >= 0.6 is 0 Å². The summed E-state index contributed by atoms with van der Waals surface area (Å²) >= 11 is 0. The minimum atomic E-state index is -0.963. The van der Waals surface area contributed by atoms with Crippen LogP contribution in [0, 0.1) is 18.6 Å². The second-order valence-electron chi connectivity index (χ2n) is 7.93. The fourth-order valence-electron chi connectivity index (χ4n) is 3.94. The number of hydrogen-bond acceptors (Lipinski definition) is 5. The molecule has 1 fully saturated rings. The maximum absolute atomic E-state index is 13.9. The van der Waals surface area contributed by atoms with Gasteiger partial charge in [0.1, 0.15) is 5.75 Å². The summed E-state index contributed by atoms with van der Waals surface area (Å²) in [4.78, 5) is 27.7. The van der Waals surface area contributed by atoms with E-state index in [0.29, 0.717) is 54.6 Å². The summed E-state index contributed by atoms with van der Waals surface area (Å²) in [5.74, 6) is -0.764. The summed E-state index contributed by atoms with van der Waals surface area (Å²) in [6.07, 6.45) is 4.67. The summed E-state index contributed by atoms with van der Waals surface area (Å²) in [6, 6.07) is 9.89. The largest absolute Gasteiger partial charge is 0.437 e. The van der Waals surface area contributed by atoms with Crippen LogP contribution in [0.15, 0.2) is 55.0 Å². The van der Waals surface area contributed by atoms with Crippen molar-refractivity contribution in [2.75, 3.05) is 36.4 Å². The maximum Gasteiger partial charge on any atom is 0.322 e.